The molecule has 2 amide bonds. The van der Waals surface area contributed by atoms with Crippen molar-refractivity contribution in [2.24, 2.45) is 38.9 Å². The quantitative estimate of drug-likeness (QED) is 0.316. The van der Waals surface area contributed by atoms with Crippen molar-refractivity contribution in [3.8, 4) is 0 Å². The van der Waals surface area contributed by atoms with E-state index in [1.54, 1.807) is 0 Å². The first kappa shape index (κ1) is 32.9. The van der Waals surface area contributed by atoms with E-state index >= 15 is 0 Å². The summed E-state index contributed by atoms with van der Waals surface area (Å²) in [6.07, 6.45) is 0.716. The number of carbonyl (C=O) groups excluding carboxylic acids is 2. The highest BCUT2D eigenvalue weighted by atomic mass is 16.5. The molecule has 0 radical (unpaired) electrons. The fraction of sp³-hybridized carbons (Fsp3) is 0.935. The average Bonchev–Trinajstić information content (AvgIpc) is 2.68. The molecule has 1 saturated carbocycles. The minimum Gasteiger partial charge on any atom is -0.374 e. The van der Waals surface area contributed by atoms with E-state index in [1.807, 2.05) is 13.8 Å². The lowest BCUT2D eigenvalue weighted by molar-refractivity contribution is -0.234. The van der Waals surface area contributed by atoms with Crippen LogP contribution in [0.15, 0.2) is 0 Å². The van der Waals surface area contributed by atoms with Gasteiger partial charge in [0, 0.05) is 28.3 Å². The zero-order valence-corrected chi connectivity index (χ0v) is 26.9. The molecule has 0 aromatic heterocycles. The molecule has 0 aromatic rings. The summed E-state index contributed by atoms with van der Waals surface area (Å²) >= 11 is 0. The Labute approximate surface area is 223 Å². The lowest BCUT2D eigenvalue weighted by Crippen LogP contribution is -2.66. The van der Waals surface area contributed by atoms with Gasteiger partial charge in [0.2, 0.25) is 11.8 Å². The first-order valence-electron chi connectivity index (χ1n) is 14.0. The molecule has 212 valence electrons. The summed E-state index contributed by atoms with van der Waals surface area (Å²) in [5.41, 5.74) is -2.32. The topological polar surface area (TPSA) is 67.4 Å². The fourth-order valence-corrected chi connectivity index (χ4v) is 5.17. The Morgan fingerprint density at radius 3 is 1.75 bits per heavy atom. The minimum absolute atomic E-state index is 0.0525. The van der Waals surface area contributed by atoms with Gasteiger partial charge in [-0.3, -0.25) is 9.59 Å². The first-order valence-corrected chi connectivity index (χ1v) is 14.0. The molecule has 2 unspecified atom stereocenters. The van der Waals surface area contributed by atoms with Crippen molar-refractivity contribution in [1.29, 1.82) is 0 Å². The molecule has 1 fully saturated rings. The van der Waals surface area contributed by atoms with Gasteiger partial charge in [-0.25, -0.2) is 0 Å². The minimum atomic E-state index is -0.524. The van der Waals surface area contributed by atoms with E-state index in [-0.39, 0.29) is 51.0 Å². The molecule has 0 spiro atoms. The molecule has 2 N–H and O–H groups in total. The second kappa shape index (κ2) is 9.89. The van der Waals surface area contributed by atoms with Crippen LogP contribution in [0.3, 0.4) is 0 Å². The molecule has 1 rings (SSSR count). The van der Waals surface area contributed by atoms with Crippen molar-refractivity contribution < 1.29 is 14.3 Å². The van der Waals surface area contributed by atoms with Gasteiger partial charge < -0.3 is 15.4 Å². The summed E-state index contributed by atoms with van der Waals surface area (Å²) in [5, 5.41) is 6.51. The third-order valence-electron chi connectivity index (χ3n) is 11.6. The smallest absolute Gasteiger partial charge is 0.226 e. The van der Waals surface area contributed by atoms with Gasteiger partial charge in [0.15, 0.2) is 0 Å². The van der Waals surface area contributed by atoms with Gasteiger partial charge in [0.1, 0.15) is 0 Å². The van der Waals surface area contributed by atoms with Crippen molar-refractivity contribution in [3.63, 3.8) is 0 Å². The molecule has 0 heterocycles. The second-order valence-electron chi connectivity index (χ2n) is 15.8. The maximum Gasteiger partial charge on any atom is 0.226 e. The van der Waals surface area contributed by atoms with Crippen LogP contribution in [0, 0.1) is 38.9 Å². The summed E-state index contributed by atoms with van der Waals surface area (Å²) in [4.78, 5) is 26.4. The van der Waals surface area contributed by atoms with E-state index < -0.39 is 11.0 Å². The zero-order chi connectivity index (χ0) is 28.9. The molecule has 0 aliphatic heterocycles. The summed E-state index contributed by atoms with van der Waals surface area (Å²) in [6.45, 7) is 37.0. The summed E-state index contributed by atoms with van der Waals surface area (Å²) in [7, 11) is 0. The monoisotopic (exact) mass is 508 g/mol. The lowest BCUT2D eigenvalue weighted by Gasteiger charge is -2.60. The van der Waals surface area contributed by atoms with Crippen molar-refractivity contribution in [2.75, 3.05) is 6.61 Å². The van der Waals surface area contributed by atoms with Crippen molar-refractivity contribution in [2.45, 2.75) is 141 Å². The van der Waals surface area contributed by atoms with E-state index in [2.05, 4.69) is 114 Å². The third kappa shape index (κ3) is 5.52. The van der Waals surface area contributed by atoms with Crippen LogP contribution >= 0.6 is 0 Å². The summed E-state index contributed by atoms with van der Waals surface area (Å²) in [5.74, 6) is 0.522. The molecule has 0 bridgehead atoms. The van der Waals surface area contributed by atoms with Gasteiger partial charge in [-0.2, -0.15) is 0 Å². The lowest BCUT2D eigenvalue weighted by atomic mass is 9.51. The van der Waals surface area contributed by atoms with E-state index in [0.29, 0.717) is 18.9 Å². The Bertz CT molecular complexity index is 818. The predicted octanol–water partition coefficient (Wildman–Crippen LogP) is 6.99. The van der Waals surface area contributed by atoms with E-state index in [0.717, 1.165) is 0 Å². The second-order valence-corrected chi connectivity index (χ2v) is 15.8. The molecule has 0 saturated heterocycles. The van der Waals surface area contributed by atoms with Crippen LogP contribution in [0.1, 0.15) is 124 Å². The Morgan fingerprint density at radius 1 is 0.889 bits per heavy atom. The molecule has 5 heteroatoms. The van der Waals surface area contributed by atoms with Gasteiger partial charge in [0.25, 0.3) is 0 Å². The van der Waals surface area contributed by atoms with Crippen LogP contribution < -0.4 is 10.6 Å². The van der Waals surface area contributed by atoms with Crippen molar-refractivity contribution in [1.82, 2.24) is 10.6 Å². The Morgan fingerprint density at radius 2 is 1.36 bits per heavy atom. The van der Waals surface area contributed by atoms with Crippen LogP contribution in [0.25, 0.3) is 0 Å². The van der Waals surface area contributed by atoms with Gasteiger partial charge in [-0.05, 0) is 63.2 Å². The average molecular weight is 509 g/mol. The van der Waals surface area contributed by atoms with Crippen LogP contribution in [-0.2, 0) is 14.3 Å². The molecule has 36 heavy (non-hydrogen) atoms. The predicted molar refractivity (Wildman–Crippen MR) is 152 cm³/mol. The number of ether oxygens (including phenoxy) is 1. The maximum absolute atomic E-state index is 13.7. The molecular weight excluding hydrogens is 448 g/mol. The summed E-state index contributed by atoms with van der Waals surface area (Å²) in [6, 6.07) is 0.134. The number of hydrogen-bond donors (Lipinski definition) is 2. The van der Waals surface area contributed by atoms with E-state index in [4.69, 9.17) is 4.74 Å². The molecule has 2 atom stereocenters. The van der Waals surface area contributed by atoms with E-state index in [9.17, 15) is 9.59 Å². The Kier molecular flexibility index (Phi) is 9.05. The zero-order valence-electron chi connectivity index (χ0n) is 26.9. The number of carbonyl (C=O) groups is 2. The van der Waals surface area contributed by atoms with Crippen LogP contribution in [0.2, 0.25) is 0 Å². The standard InChI is InChI=1S/C31H60N2O3/c1-20(2)26(7,8)28(11,12)24(35)33-30(15,16)29(13,14)25(5,6)19-36-31(17)18-22(27(31,9)10)23(34)32-21(3)4/h20-22H,18-19H2,1-17H3,(H,32,34)(H,33,35). The fourth-order valence-electron chi connectivity index (χ4n) is 5.17. The maximum atomic E-state index is 13.7. The molecule has 1 aliphatic carbocycles. The van der Waals surface area contributed by atoms with Gasteiger partial charge in [-0.1, -0.05) is 83.1 Å². The van der Waals surface area contributed by atoms with Gasteiger partial charge in [0.05, 0.1) is 12.2 Å². The Hall–Kier alpha value is -1.10. The van der Waals surface area contributed by atoms with Crippen LogP contribution in [0.5, 0.6) is 0 Å². The summed E-state index contributed by atoms with van der Waals surface area (Å²) < 4.78 is 6.68. The van der Waals surface area contributed by atoms with Crippen molar-refractivity contribution in [3.05, 3.63) is 0 Å². The first-order chi connectivity index (χ1) is 15.7. The molecule has 5 nitrogen and oxygen atoms in total. The van der Waals surface area contributed by atoms with E-state index in [1.165, 1.54) is 0 Å². The van der Waals surface area contributed by atoms with Crippen LogP contribution in [0.4, 0.5) is 0 Å². The highest BCUT2D eigenvalue weighted by Gasteiger charge is 2.62. The number of hydrogen-bond acceptors (Lipinski definition) is 3. The third-order valence-corrected chi connectivity index (χ3v) is 11.6. The number of nitrogens with one attached hydrogen (secondary N) is 2. The molecule has 0 aromatic carbocycles. The van der Waals surface area contributed by atoms with Crippen LogP contribution in [-0.4, -0.2) is 35.6 Å². The highest BCUT2D eigenvalue weighted by Crippen LogP contribution is 2.58. The normalized spacial score (nSPS) is 23.5. The molecular formula is C31H60N2O3. The SMILES string of the molecule is CC(C)NC(=O)C1CC(C)(OCC(C)(C)C(C)(C)C(C)(C)NC(=O)C(C)(C)C(C)(C)C(C)C)C1(C)C. The number of amides is 2. The van der Waals surface area contributed by atoms with Crippen molar-refractivity contribution >= 4 is 11.8 Å². The van der Waals surface area contributed by atoms with Gasteiger partial charge in [-0.15, -0.1) is 0 Å². The molecule has 1 aliphatic rings. The highest BCUT2D eigenvalue weighted by molar-refractivity contribution is 5.83. The number of rotatable bonds is 11. The van der Waals surface area contributed by atoms with Gasteiger partial charge >= 0.3 is 0 Å². The largest absolute Gasteiger partial charge is 0.374 e. The Balaban J connectivity index is 3.05.